The smallest absolute Gasteiger partial charge is 0.188 e. The van der Waals surface area contributed by atoms with Gasteiger partial charge in [0.1, 0.15) is 0 Å². The summed E-state index contributed by atoms with van der Waals surface area (Å²) in [5, 5.41) is 8.95. The van der Waals surface area contributed by atoms with Gasteiger partial charge in [-0.2, -0.15) is 0 Å². The Balaban J connectivity index is 0.00000324. The number of hydrogen-bond donors (Lipinski definition) is 1. The predicted molar refractivity (Wildman–Crippen MR) is 85.8 cm³/mol. The van der Waals surface area contributed by atoms with Crippen molar-refractivity contribution in [3.05, 3.63) is 33.8 Å². The third kappa shape index (κ3) is 5.78. The Morgan fingerprint density at radius 1 is 1.32 bits per heavy atom. The Hall–Kier alpha value is -0.150. The second kappa shape index (κ2) is 9.71. The largest absolute Gasteiger partial charge is 0.481 e. The summed E-state index contributed by atoms with van der Waals surface area (Å²) >= 11 is 17.6. The molecule has 1 aromatic carbocycles. The monoisotopic (exact) mass is 343 g/mol. The van der Waals surface area contributed by atoms with Crippen LogP contribution in [0.25, 0.3) is 0 Å². The summed E-state index contributed by atoms with van der Waals surface area (Å²) in [6.07, 6.45) is 1.59. The van der Waals surface area contributed by atoms with Crippen LogP contribution in [0.3, 0.4) is 0 Å². The molecule has 2 nitrogen and oxygen atoms in total. The average Bonchev–Trinajstić information content (AvgIpc) is 2.34. The van der Waals surface area contributed by atoms with E-state index in [4.69, 9.17) is 44.9 Å². The van der Waals surface area contributed by atoms with Crippen LogP contribution >= 0.6 is 47.2 Å². The molecule has 0 saturated heterocycles. The van der Waals surface area contributed by atoms with Gasteiger partial charge in [0.05, 0.1) is 22.6 Å². The standard InChI is InChI=1S/C13H16Cl3NO.ClH/c1-2-18-13(17)10(4-3-7-14)9-5-6-11(15)12(16)8-9;/h5-6,8,10,17H,2-4,7H2,1H3;1H. The molecular weight excluding hydrogens is 328 g/mol. The van der Waals surface area contributed by atoms with Crippen LogP contribution in [0.15, 0.2) is 18.2 Å². The minimum Gasteiger partial charge on any atom is -0.481 e. The first-order valence-corrected chi connectivity index (χ1v) is 7.11. The normalized spacial score (nSPS) is 11.6. The molecule has 1 N–H and O–H groups in total. The maximum Gasteiger partial charge on any atom is 0.188 e. The van der Waals surface area contributed by atoms with Gasteiger partial charge in [-0.05, 0) is 37.5 Å². The van der Waals surface area contributed by atoms with Crippen molar-refractivity contribution in [2.45, 2.75) is 25.7 Å². The van der Waals surface area contributed by atoms with Crippen LogP contribution in [-0.2, 0) is 4.74 Å². The Kier molecular flexibility index (Phi) is 9.63. The van der Waals surface area contributed by atoms with Crippen molar-refractivity contribution < 1.29 is 4.74 Å². The topological polar surface area (TPSA) is 33.1 Å². The lowest BCUT2D eigenvalue weighted by Gasteiger charge is -2.18. The molecule has 0 radical (unpaired) electrons. The number of alkyl halides is 1. The molecule has 0 aromatic heterocycles. The number of rotatable bonds is 6. The van der Waals surface area contributed by atoms with Gasteiger partial charge in [-0.15, -0.1) is 24.0 Å². The fourth-order valence-electron chi connectivity index (χ4n) is 1.72. The van der Waals surface area contributed by atoms with Crippen LogP contribution in [0.2, 0.25) is 10.0 Å². The Morgan fingerprint density at radius 3 is 2.53 bits per heavy atom. The molecule has 0 aliphatic carbocycles. The van der Waals surface area contributed by atoms with E-state index in [1.807, 2.05) is 13.0 Å². The van der Waals surface area contributed by atoms with E-state index in [2.05, 4.69) is 0 Å². The van der Waals surface area contributed by atoms with Crippen molar-refractivity contribution in [1.29, 1.82) is 5.41 Å². The third-order valence-electron chi connectivity index (χ3n) is 2.59. The maximum absolute atomic E-state index is 7.94. The highest BCUT2D eigenvalue weighted by atomic mass is 35.5. The number of benzene rings is 1. The molecule has 1 atom stereocenters. The van der Waals surface area contributed by atoms with Gasteiger partial charge in [-0.3, -0.25) is 5.41 Å². The van der Waals surface area contributed by atoms with Crippen molar-refractivity contribution in [2.24, 2.45) is 0 Å². The van der Waals surface area contributed by atoms with Gasteiger partial charge in [0.15, 0.2) is 5.90 Å². The Morgan fingerprint density at radius 2 is 2.00 bits per heavy atom. The van der Waals surface area contributed by atoms with Crippen LogP contribution in [0.5, 0.6) is 0 Å². The van der Waals surface area contributed by atoms with Gasteiger partial charge in [0.2, 0.25) is 0 Å². The molecule has 0 saturated carbocycles. The van der Waals surface area contributed by atoms with E-state index in [0.717, 1.165) is 18.4 Å². The molecule has 1 aromatic rings. The van der Waals surface area contributed by atoms with Crippen molar-refractivity contribution in [3.8, 4) is 0 Å². The molecule has 0 aliphatic rings. The summed E-state index contributed by atoms with van der Waals surface area (Å²) in [7, 11) is 0. The van der Waals surface area contributed by atoms with Gasteiger partial charge in [-0.1, -0.05) is 29.3 Å². The molecule has 6 heteroatoms. The quantitative estimate of drug-likeness (QED) is 0.410. The lowest BCUT2D eigenvalue weighted by molar-refractivity contribution is 0.305. The fourth-order valence-corrected chi connectivity index (χ4v) is 2.18. The average molecular weight is 345 g/mol. The number of ether oxygens (including phenoxy) is 1. The zero-order chi connectivity index (χ0) is 13.5. The van der Waals surface area contributed by atoms with Crippen molar-refractivity contribution >= 4 is 53.1 Å². The molecule has 108 valence electrons. The van der Waals surface area contributed by atoms with Crippen molar-refractivity contribution in [1.82, 2.24) is 0 Å². The van der Waals surface area contributed by atoms with Gasteiger partial charge < -0.3 is 4.74 Å². The summed E-state index contributed by atoms with van der Waals surface area (Å²) in [6.45, 7) is 2.35. The van der Waals surface area contributed by atoms with Crippen LogP contribution in [0, 0.1) is 5.41 Å². The number of halogens is 4. The Bertz CT molecular complexity index is 412. The molecule has 1 unspecified atom stereocenters. The molecule has 0 aliphatic heterocycles. The van der Waals surface area contributed by atoms with E-state index in [1.165, 1.54) is 0 Å². The number of hydrogen-bond acceptors (Lipinski definition) is 2. The first-order valence-electron chi connectivity index (χ1n) is 5.82. The highest BCUT2D eigenvalue weighted by Crippen LogP contribution is 2.29. The zero-order valence-corrected chi connectivity index (χ0v) is 13.7. The first-order chi connectivity index (χ1) is 8.60. The minimum atomic E-state index is -0.113. The SMILES string of the molecule is CCOC(=N)C(CCCCl)c1ccc(Cl)c(Cl)c1.Cl. The van der Waals surface area contributed by atoms with Gasteiger partial charge in [0, 0.05) is 5.88 Å². The second-order valence-corrected chi connectivity index (χ2v) is 5.05. The summed E-state index contributed by atoms with van der Waals surface area (Å²) in [4.78, 5) is 0. The lowest BCUT2D eigenvalue weighted by atomic mass is 9.94. The molecule has 0 bridgehead atoms. The zero-order valence-electron chi connectivity index (χ0n) is 10.6. The summed E-state index contributed by atoms with van der Waals surface area (Å²) < 4.78 is 5.29. The molecule has 0 fully saturated rings. The molecule has 0 amide bonds. The summed E-state index contributed by atoms with van der Waals surface area (Å²) in [6, 6.07) is 5.41. The lowest BCUT2D eigenvalue weighted by Crippen LogP contribution is -2.15. The molecule has 19 heavy (non-hydrogen) atoms. The molecule has 0 spiro atoms. The van der Waals surface area contributed by atoms with Gasteiger partial charge in [0.25, 0.3) is 0 Å². The fraction of sp³-hybridized carbons (Fsp3) is 0.462. The molecule has 1 rings (SSSR count). The van der Waals surface area contributed by atoms with Crippen LogP contribution < -0.4 is 0 Å². The van der Waals surface area contributed by atoms with E-state index in [-0.39, 0.29) is 24.2 Å². The Labute approximate surface area is 135 Å². The van der Waals surface area contributed by atoms with Crippen molar-refractivity contribution in [2.75, 3.05) is 12.5 Å². The maximum atomic E-state index is 7.94. The summed E-state index contributed by atoms with van der Waals surface area (Å²) in [5.74, 6) is 0.705. The highest BCUT2D eigenvalue weighted by Gasteiger charge is 2.19. The molecule has 0 heterocycles. The van der Waals surface area contributed by atoms with E-state index in [0.29, 0.717) is 22.5 Å². The third-order valence-corrected chi connectivity index (χ3v) is 3.60. The van der Waals surface area contributed by atoms with Crippen LogP contribution in [-0.4, -0.2) is 18.4 Å². The van der Waals surface area contributed by atoms with E-state index in [1.54, 1.807) is 12.1 Å². The number of nitrogens with one attached hydrogen (secondary N) is 1. The van der Waals surface area contributed by atoms with Gasteiger partial charge in [-0.25, -0.2) is 0 Å². The highest BCUT2D eigenvalue weighted by molar-refractivity contribution is 6.42. The first kappa shape index (κ1) is 18.9. The second-order valence-electron chi connectivity index (χ2n) is 3.85. The molecular formula is C13H17Cl4NO. The van der Waals surface area contributed by atoms with Crippen LogP contribution in [0.4, 0.5) is 0 Å². The van der Waals surface area contributed by atoms with E-state index >= 15 is 0 Å². The van der Waals surface area contributed by atoms with Gasteiger partial charge >= 0.3 is 0 Å². The minimum absolute atomic E-state index is 0. The predicted octanol–water partition coefficient (Wildman–Crippen LogP) is 5.53. The van der Waals surface area contributed by atoms with Crippen molar-refractivity contribution in [3.63, 3.8) is 0 Å². The summed E-state index contributed by atoms with van der Waals surface area (Å²) in [5.41, 5.74) is 0.938. The van der Waals surface area contributed by atoms with Crippen LogP contribution in [0.1, 0.15) is 31.2 Å². The van der Waals surface area contributed by atoms with E-state index in [9.17, 15) is 0 Å². The van der Waals surface area contributed by atoms with E-state index < -0.39 is 0 Å².